The molecule has 0 saturated heterocycles. The highest BCUT2D eigenvalue weighted by Gasteiger charge is 2.13. The van der Waals surface area contributed by atoms with E-state index in [4.69, 9.17) is 0 Å². The number of halogens is 2. The van der Waals surface area contributed by atoms with Crippen molar-refractivity contribution in [3.05, 3.63) is 36.0 Å². The van der Waals surface area contributed by atoms with Gasteiger partial charge in [-0.1, -0.05) is 0 Å². The summed E-state index contributed by atoms with van der Waals surface area (Å²) in [4.78, 5) is 8.77. The molecule has 8 heteroatoms. The van der Waals surface area contributed by atoms with Crippen LogP contribution in [0.3, 0.4) is 0 Å². The van der Waals surface area contributed by atoms with Crippen LogP contribution in [0.1, 0.15) is 13.8 Å². The summed E-state index contributed by atoms with van der Waals surface area (Å²) in [6.07, 6.45) is 1.68. The highest BCUT2D eigenvalue weighted by molar-refractivity contribution is 5.87. The van der Waals surface area contributed by atoms with Crippen molar-refractivity contribution in [1.82, 2.24) is 19.7 Å². The van der Waals surface area contributed by atoms with Crippen LogP contribution in [0.2, 0.25) is 0 Å². The van der Waals surface area contributed by atoms with Gasteiger partial charge < -0.3 is 10.6 Å². The average Bonchev–Trinajstić information content (AvgIpc) is 2.84. The molecule has 0 atom stereocenters. The highest BCUT2D eigenvalue weighted by Crippen LogP contribution is 2.24. The van der Waals surface area contributed by atoms with Gasteiger partial charge in [-0.05, 0) is 26.0 Å². The fraction of sp³-hybridized carbons (Fsp3) is 0.267. The molecule has 0 aliphatic carbocycles. The molecule has 0 bridgehead atoms. The molecule has 6 nitrogen and oxygen atoms in total. The fourth-order valence-electron chi connectivity index (χ4n) is 2.16. The van der Waals surface area contributed by atoms with Crippen molar-refractivity contribution in [1.29, 1.82) is 0 Å². The Hall–Kier alpha value is -2.77. The second-order valence-electron chi connectivity index (χ2n) is 5.45. The molecule has 0 spiro atoms. The molecule has 0 aliphatic rings. The molecule has 23 heavy (non-hydrogen) atoms. The summed E-state index contributed by atoms with van der Waals surface area (Å²) in [5, 5.41) is 11.1. The molecule has 2 aromatic heterocycles. The van der Waals surface area contributed by atoms with Crippen LogP contribution in [0.15, 0.2) is 24.4 Å². The highest BCUT2D eigenvalue weighted by atomic mass is 19.2. The number of rotatable bonds is 4. The summed E-state index contributed by atoms with van der Waals surface area (Å²) >= 11 is 0. The molecule has 3 aromatic rings. The molecule has 2 N–H and O–H groups in total. The number of anilines is 3. The van der Waals surface area contributed by atoms with E-state index >= 15 is 0 Å². The summed E-state index contributed by atoms with van der Waals surface area (Å²) < 4.78 is 28.0. The third kappa shape index (κ3) is 3.05. The van der Waals surface area contributed by atoms with E-state index in [9.17, 15) is 8.78 Å². The lowest BCUT2D eigenvalue weighted by Crippen LogP contribution is -2.12. The molecule has 0 saturated carbocycles. The van der Waals surface area contributed by atoms with Crippen molar-refractivity contribution in [2.45, 2.75) is 19.9 Å². The van der Waals surface area contributed by atoms with Crippen molar-refractivity contribution in [2.75, 3.05) is 10.6 Å². The van der Waals surface area contributed by atoms with E-state index in [0.717, 1.165) is 17.5 Å². The first-order valence-electron chi connectivity index (χ1n) is 7.12. The quantitative estimate of drug-likeness (QED) is 0.773. The summed E-state index contributed by atoms with van der Waals surface area (Å²) in [5.41, 5.74) is 0.995. The molecule has 0 fully saturated rings. The Balaban J connectivity index is 2.02. The van der Waals surface area contributed by atoms with Crippen molar-refractivity contribution < 1.29 is 8.78 Å². The fourth-order valence-corrected chi connectivity index (χ4v) is 2.16. The Bertz CT molecular complexity index is 859. The van der Waals surface area contributed by atoms with Crippen LogP contribution in [0.25, 0.3) is 11.0 Å². The minimum absolute atomic E-state index is 0.171. The number of fused-ring (bicyclic) bond motifs is 1. The Labute approximate surface area is 131 Å². The molecular weight excluding hydrogens is 302 g/mol. The molecule has 0 amide bonds. The monoisotopic (exact) mass is 318 g/mol. The first-order chi connectivity index (χ1) is 10.9. The summed E-state index contributed by atoms with van der Waals surface area (Å²) in [7, 11) is 1.77. The molecular formula is C15H16F2N6. The lowest BCUT2D eigenvalue weighted by Gasteiger charge is -2.12. The van der Waals surface area contributed by atoms with Gasteiger partial charge in [0.1, 0.15) is 5.82 Å². The minimum atomic E-state index is -0.933. The predicted molar refractivity (Wildman–Crippen MR) is 84.7 cm³/mol. The van der Waals surface area contributed by atoms with Crippen molar-refractivity contribution in [2.24, 2.45) is 7.05 Å². The van der Waals surface area contributed by atoms with Crippen molar-refractivity contribution in [3.63, 3.8) is 0 Å². The van der Waals surface area contributed by atoms with Gasteiger partial charge in [0.15, 0.2) is 17.3 Å². The molecule has 2 heterocycles. The Morgan fingerprint density at radius 2 is 1.91 bits per heavy atom. The van der Waals surface area contributed by atoms with Crippen LogP contribution in [0.4, 0.5) is 26.2 Å². The van der Waals surface area contributed by atoms with Crippen molar-refractivity contribution in [3.8, 4) is 0 Å². The number of hydrogen-bond donors (Lipinski definition) is 2. The van der Waals surface area contributed by atoms with Gasteiger partial charge in [0.25, 0.3) is 0 Å². The topological polar surface area (TPSA) is 67.7 Å². The number of hydrogen-bond acceptors (Lipinski definition) is 5. The van der Waals surface area contributed by atoms with Gasteiger partial charge in [-0.25, -0.2) is 8.78 Å². The molecule has 1 aromatic carbocycles. The molecule has 0 radical (unpaired) electrons. The first-order valence-corrected chi connectivity index (χ1v) is 7.12. The first kappa shape index (κ1) is 15.1. The number of aromatic nitrogens is 4. The third-order valence-corrected chi connectivity index (χ3v) is 3.19. The zero-order valence-corrected chi connectivity index (χ0v) is 12.9. The molecule has 120 valence electrons. The lowest BCUT2D eigenvalue weighted by atomic mass is 10.3. The average molecular weight is 318 g/mol. The van der Waals surface area contributed by atoms with Gasteiger partial charge in [-0.15, -0.1) is 0 Å². The van der Waals surface area contributed by atoms with Crippen LogP contribution < -0.4 is 10.6 Å². The van der Waals surface area contributed by atoms with Crippen LogP contribution in [0.5, 0.6) is 0 Å². The third-order valence-electron chi connectivity index (χ3n) is 3.19. The minimum Gasteiger partial charge on any atom is -0.367 e. The summed E-state index contributed by atoms with van der Waals surface area (Å²) in [6, 6.07) is 3.70. The SMILES string of the molecule is CC(C)Nc1nc(Nc2ccc(F)c(F)c2)nc2c1cnn2C. The van der Waals surface area contributed by atoms with Crippen LogP contribution in [-0.2, 0) is 7.05 Å². The molecule has 3 rings (SSSR count). The van der Waals surface area contributed by atoms with Crippen LogP contribution >= 0.6 is 0 Å². The van der Waals surface area contributed by atoms with E-state index in [2.05, 4.69) is 25.7 Å². The Morgan fingerprint density at radius 3 is 2.61 bits per heavy atom. The van der Waals surface area contributed by atoms with Gasteiger partial charge in [0.05, 0.1) is 11.6 Å². The maximum Gasteiger partial charge on any atom is 0.231 e. The van der Waals surface area contributed by atoms with E-state index in [1.54, 1.807) is 17.9 Å². The zero-order valence-electron chi connectivity index (χ0n) is 12.9. The lowest BCUT2D eigenvalue weighted by molar-refractivity contribution is 0.509. The molecule has 0 aliphatic heterocycles. The van der Waals surface area contributed by atoms with Crippen molar-refractivity contribution >= 4 is 28.5 Å². The summed E-state index contributed by atoms with van der Waals surface area (Å²) in [5.74, 6) is -0.934. The number of aryl methyl sites for hydroxylation is 1. The molecule has 0 unspecified atom stereocenters. The maximum absolute atomic E-state index is 13.3. The van der Waals surface area contributed by atoms with E-state index in [-0.39, 0.29) is 12.0 Å². The predicted octanol–water partition coefficient (Wildman–Crippen LogP) is 3.21. The second-order valence-corrected chi connectivity index (χ2v) is 5.45. The summed E-state index contributed by atoms with van der Waals surface area (Å²) in [6.45, 7) is 3.99. The maximum atomic E-state index is 13.3. The van der Waals surface area contributed by atoms with Gasteiger partial charge in [0, 0.05) is 24.8 Å². The second kappa shape index (κ2) is 5.79. The normalized spacial score (nSPS) is 11.2. The number of benzene rings is 1. The van der Waals surface area contributed by atoms with E-state index < -0.39 is 11.6 Å². The van der Waals surface area contributed by atoms with Gasteiger partial charge in [-0.2, -0.15) is 15.1 Å². The Kier molecular flexibility index (Phi) is 3.81. The standard InChI is InChI=1S/C15H16F2N6/c1-8(2)19-13-10-7-18-23(3)14(10)22-15(21-13)20-9-4-5-11(16)12(17)6-9/h4-8H,1-3H3,(H2,19,20,21,22). The number of nitrogens with one attached hydrogen (secondary N) is 2. The van der Waals surface area contributed by atoms with E-state index in [1.165, 1.54) is 6.07 Å². The zero-order chi connectivity index (χ0) is 16.6. The van der Waals surface area contributed by atoms with Gasteiger partial charge in [0.2, 0.25) is 5.95 Å². The smallest absolute Gasteiger partial charge is 0.231 e. The number of nitrogens with zero attached hydrogens (tertiary/aromatic N) is 4. The van der Waals surface area contributed by atoms with E-state index in [1.807, 2.05) is 13.8 Å². The Morgan fingerprint density at radius 1 is 1.13 bits per heavy atom. The largest absolute Gasteiger partial charge is 0.367 e. The van der Waals surface area contributed by atoms with Gasteiger partial charge in [-0.3, -0.25) is 4.68 Å². The van der Waals surface area contributed by atoms with Crippen LogP contribution in [0, 0.1) is 11.6 Å². The van der Waals surface area contributed by atoms with E-state index in [0.29, 0.717) is 17.2 Å². The van der Waals surface area contributed by atoms with Gasteiger partial charge >= 0.3 is 0 Å². The van der Waals surface area contributed by atoms with Crippen LogP contribution in [-0.4, -0.2) is 25.8 Å².